The Balaban J connectivity index is 1.31. The minimum atomic E-state index is 1.21. The van der Waals surface area contributed by atoms with Crippen molar-refractivity contribution in [3.63, 3.8) is 0 Å². The van der Waals surface area contributed by atoms with E-state index in [1.54, 1.807) is 0 Å². The molecule has 0 bridgehead atoms. The third kappa shape index (κ3) is 4.36. The van der Waals surface area contributed by atoms with Crippen LogP contribution in [0.5, 0.6) is 0 Å². The van der Waals surface area contributed by atoms with Crippen molar-refractivity contribution in [3.8, 4) is 33.4 Å². The van der Waals surface area contributed by atoms with Gasteiger partial charge in [0.15, 0.2) is 0 Å². The second-order valence-corrected chi connectivity index (χ2v) is 15.0. The molecule has 0 heteroatoms. The van der Waals surface area contributed by atoms with Crippen molar-refractivity contribution in [2.45, 2.75) is 0 Å². The molecule has 0 unspecified atom stereocenters. The normalized spacial score (nSPS) is 11.9. The molecule has 12 aromatic rings. The summed E-state index contributed by atoms with van der Waals surface area (Å²) in [4.78, 5) is 0. The van der Waals surface area contributed by atoms with Crippen molar-refractivity contribution in [2.24, 2.45) is 0 Å². The lowest BCUT2D eigenvalue weighted by molar-refractivity contribution is 1.64. The molecule has 0 N–H and O–H groups in total. The van der Waals surface area contributed by atoms with Crippen molar-refractivity contribution in [2.75, 3.05) is 0 Å². The molecule has 0 nitrogen and oxygen atoms in total. The first-order valence-electron chi connectivity index (χ1n) is 19.5. The van der Waals surface area contributed by atoms with Crippen LogP contribution in [0.3, 0.4) is 0 Å². The number of benzene rings is 12. The van der Waals surface area contributed by atoms with Gasteiger partial charge >= 0.3 is 0 Å². The van der Waals surface area contributed by atoms with Gasteiger partial charge in [-0.2, -0.15) is 0 Å². The first-order valence-corrected chi connectivity index (χ1v) is 19.5. The lowest BCUT2D eigenvalue weighted by atomic mass is 9.79. The summed E-state index contributed by atoms with van der Waals surface area (Å²) in [6.45, 7) is 0. The van der Waals surface area contributed by atoms with Gasteiger partial charge in [-0.25, -0.2) is 0 Å². The summed E-state index contributed by atoms with van der Waals surface area (Å²) in [6.07, 6.45) is 0. The van der Waals surface area contributed by atoms with Crippen molar-refractivity contribution in [3.05, 3.63) is 206 Å². The summed E-state index contributed by atoms with van der Waals surface area (Å²) in [7, 11) is 0. The molecule has 12 rings (SSSR count). The Morgan fingerprint density at radius 1 is 0.161 bits per heavy atom. The Labute approximate surface area is 324 Å². The molecule has 0 saturated heterocycles. The number of hydrogen-bond donors (Lipinski definition) is 0. The zero-order valence-electron chi connectivity index (χ0n) is 30.6. The first kappa shape index (κ1) is 31.1. The Hall–Kier alpha value is -7.28. The van der Waals surface area contributed by atoms with E-state index in [-0.39, 0.29) is 0 Å². The van der Waals surface area contributed by atoms with Crippen LogP contribution in [0.2, 0.25) is 0 Å². The van der Waals surface area contributed by atoms with Crippen LogP contribution >= 0.6 is 0 Å². The molecule has 56 heavy (non-hydrogen) atoms. The van der Waals surface area contributed by atoms with Crippen LogP contribution in [-0.2, 0) is 0 Å². The largest absolute Gasteiger partial charge is 0.0622 e. The molecule has 0 atom stereocenters. The molecule has 0 radical (unpaired) electrons. The summed E-state index contributed by atoms with van der Waals surface area (Å²) in [5, 5.41) is 20.5. The molecule has 12 aromatic carbocycles. The van der Waals surface area contributed by atoms with E-state index in [1.807, 2.05) is 0 Å². The number of hydrogen-bond acceptors (Lipinski definition) is 0. The van der Waals surface area contributed by atoms with E-state index in [9.17, 15) is 0 Å². The molecule has 0 saturated carbocycles. The van der Waals surface area contributed by atoms with Crippen LogP contribution in [0.15, 0.2) is 206 Å². The highest BCUT2D eigenvalue weighted by Gasteiger charge is 2.24. The fraction of sp³-hybridized carbons (Fsp3) is 0. The Kier molecular flexibility index (Phi) is 6.73. The minimum absolute atomic E-state index is 1.21. The fourth-order valence-corrected chi connectivity index (χ4v) is 9.97. The third-order valence-corrected chi connectivity index (χ3v) is 12.2. The van der Waals surface area contributed by atoms with Crippen LogP contribution in [0.25, 0.3) is 120 Å². The lowest BCUT2D eigenvalue weighted by Crippen LogP contribution is -1.96. The predicted octanol–water partition coefficient (Wildman–Crippen LogP) is 15.9. The second-order valence-electron chi connectivity index (χ2n) is 15.0. The predicted molar refractivity (Wildman–Crippen MR) is 243 cm³/mol. The average Bonchev–Trinajstić information content (AvgIpc) is 3.28. The molecule has 258 valence electrons. The molecule has 0 aliphatic carbocycles. The Morgan fingerprint density at radius 3 is 0.982 bits per heavy atom. The zero-order chi connectivity index (χ0) is 36.7. The highest BCUT2D eigenvalue weighted by atomic mass is 14.3. The molecule has 0 heterocycles. The van der Waals surface area contributed by atoms with Crippen molar-refractivity contribution < 1.29 is 0 Å². The highest BCUT2D eigenvalue weighted by molar-refractivity contribution is 6.35. The summed E-state index contributed by atoms with van der Waals surface area (Å²) in [5.74, 6) is 0. The van der Waals surface area contributed by atoms with Crippen molar-refractivity contribution >= 4 is 86.2 Å². The first-order chi connectivity index (χ1) is 27.8. The summed E-state index contributed by atoms with van der Waals surface area (Å²) < 4.78 is 0. The summed E-state index contributed by atoms with van der Waals surface area (Å²) in [6, 6.07) is 76.6. The monoisotopic (exact) mass is 706 g/mol. The van der Waals surface area contributed by atoms with Gasteiger partial charge in [0.05, 0.1) is 0 Å². The van der Waals surface area contributed by atoms with E-state index in [2.05, 4.69) is 206 Å². The van der Waals surface area contributed by atoms with E-state index < -0.39 is 0 Å². The van der Waals surface area contributed by atoms with Crippen molar-refractivity contribution in [1.82, 2.24) is 0 Å². The molecule has 0 aromatic heterocycles. The fourth-order valence-electron chi connectivity index (χ4n) is 9.97. The summed E-state index contributed by atoms with van der Waals surface area (Å²) >= 11 is 0. The van der Waals surface area contributed by atoms with E-state index in [4.69, 9.17) is 0 Å². The molecular weight excluding hydrogens is 673 g/mol. The third-order valence-electron chi connectivity index (χ3n) is 12.2. The number of rotatable bonds is 3. The molecule has 0 amide bonds. The van der Waals surface area contributed by atoms with E-state index in [1.165, 1.54) is 120 Å². The van der Waals surface area contributed by atoms with Gasteiger partial charge in [0, 0.05) is 0 Å². The van der Waals surface area contributed by atoms with Gasteiger partial charge < -0.3 is 0 Å². The van der Waals surface area contributed by atoms with Gasteiger partial charge in [0.1, 0.15) is 0 Å². The molecular formula is C56H34. The van der Waals surface area contributed by atoms with E-state index in [0.717, 1.165) is 0 Å². The lowest BCUT2D eigenvalue weighted by Gasteiger charge is -2.23. The SMILES string of the molecule is c1ccc(-c2ccc3c4ccccc4c4ccccc4c3c2-c2c3ccccc3c(-c3cccc4c5ccccc5c5ccccc5c34)c3ccccc23)cc1. The topological polar surface area (TPSA) is 0 Å². The van der Waals surface area contributed by atoms with Gasteiger partial charge in [-0.05, 0) is 120 Å². The summed E-state index contributed by atoms with van der Waals surface area (Å²) in [5.41, 5.74) is 7.56. The smallest absolute Gasteiger partial charge is 0.000785 e. The minimum Gasteiger partial charge on any atom is -0.0622 e. The second kappa shape index (κ2) is 12.1. The van der Waals surface area contributed by atoms with Gasteiger partial charge in [-0.3, -0.25) is 0 Å². The van der Waals surface area contributed by atoms with Crippen LogP contribution in [0.1, 0.15) is 0 Å². The van der Waals surface area contributed by atoms with Gasteiger partial charge in [-0.1, -0.05) is 206 Å². The highest BCUT2D eigenvalue weighted by Crippen LogP contribution is 2.52. The molecule has 0 aliphatic heterocycles. The van der Waals surface area contributed by atoms with Crippen LogP contribution in [-0.4, -0.2) is 0 Å². The van der Waals surface area contributed by atoms with Gasteiger partial charge in [0.25, 0.3) is 0 Å². The van der Waals surface area contributed by atoms with Crippen LogP contribution in [0.4, 0.5) is 0 Å². The Morgan fingerprint density at radius 2 is 0.500 bits per heavy atom. The van der Waals surface area contributed by atoms with E-state index in [0.29, 0.717) is 0 Å². The standard InChI is InChI=1S/C56H34/c1-2-17-35(18-3-1)36-33-34-50-42-24-7-5-20-38(42)41-23-9-11-26-45(41)54(50)56(36)55-48-29-14-12-27-46(48)53(47-28-13-15-30-49(47)55)51-32-16-31-44-40-21-6-4-19-37(40)39-22-8-10-25-43(39)52(44)51/h1-34H. The average molecular weight is 707 g/mol. The quantitative estimate of drug-likeness (QED) is 0.127. The van der Waals surface area contributed by atoms with E-state index >= 15 is 0 Å². The maximum Gasteiger partial charge on any atom is -0.000785 e. The van der Waals surface area contributed by atoms with Crippen LogP contribution in [0, 0.1) is 0 Å². The molecule has 0 aliphatic rings. The van der Waals surface area contributed by atoms with Gasteiger partial charge in [-0.15, -0.1) is 0 Å². The maximum atomic E-state index is 2.37. The molecule has 0 spiro atoms. The zero-order valence-corrected chi connectivity index (χ0v) is 30.6. The number of fused-ring (bicyclic) bond motifs is 14. The van der Waals surface area contributed by atoms with Gasteiger partial charge in [0.2, 0.25) is 0 Å². The molecule has 0 fully saturated rings. The Bertz CT molecular complexity index is 3440. The van der Waals surface area contributed by atoms with Crippen LogP contribution < -0.4 is 0 Å². The van der Waals surface area contributed by atoms with Crippen molar-refractivity contribution in [1.29, 1.82) is 0 Å². The maximum absolute atomic E-state index is 2.37.